The Labute approximate surface area is 78.9 Å². The molecule has 11 heavy (non-hydrogen) atoms. The fourth-order valence-corrected chi connectivity index (χ4v) is 2.02. The Balaban J connectivity index is 2.10. The first-order valence-electron chi connectivity index (χ1n) is 4.63. The minimum absolute atomic E-state index is 0.515. The summed E-state index contributed by atoms with van der Waals surface area (Å²) in [5, 5.41) is 0. The van der Waals surface area contributed by atoms with Gasteiger partial charge in [-0.15, -0.1) is 0 Å². The van der Waals surface area contributed by atoms with Gasteiger partial charge in [0.25, 0.3) is 0 Å². The minimum atomic E-state index is 0.515. The van der Waals surface area contributed by atoms with Crippen molar-refractivity contribution in [3.8, 4) is 0 Å². The van der Waals surface area contributed by atoms with Crippen molar-refractivity contribution in [1.29, 1.82) is 0 Å². The van der Waals surface area contributed by atoms with Crippen LogP contribution in [0.1, 0.15) is 46.5 Å². The number of hydrogen-bond donors (Lipinski definition) is 0. The topological polar surface area (TPSA) is 0 Å². The van der Waals surface area contributed by atoms with Crippen molar-refractivity contribution in [3.63, 3.8) is 0 Å². The third kappa shape index (κ3) is 4.15. The molecule has 1 saturated carbocycles. The molecular weight excluding hydrogens is 200 g/mol. The molecule has 1 heteroatoms. The van der Waals surface area contributed by atoms with E-state index in [4.69, 9.17) is 0 Å². The third-order valence-electron chi connectivity index (χ3n) is 2.30. The van der Waals surface area contributed by atoms with Crippen LogP contribution in [0, 0.1) is 11.3 Å². The van der Waals surface area contributed by atoms with Gasteiger partial charge in [0, 0.05) is 4.83 Å². The van der Waals surface area contributed by atoms with Gasteiger partial charge in [0.2, 0.25) is 0 Å². The number of rotatable bonds is 3. The van der Waals surface area contributed by atoms with Crippen LogP contribution < -0.4 is 0 Å². The van der Waals surface area contributed by atoms with Gasteiger partial charge in [0.1, 0.15) is 0 Å². The molecule has 1 rings (SSSR count). The van der Waals surface area contributed by atoms with E-state index in [1.807, 2.05) is 0 Å². The molecule has 0 spiro atoms. The van der Waals surface area contributed by atoms with Crippen molar-refractivity contribution in [1.82, 2.24) is 0 Å². The van der Waals surface area contributed by atoms with Gasteiger partial charge in [-0.3, -0.25) is 0 Å². The lowest BCUT2D eigenvalue weighted by Crippen LogP contribution is -2.09. The van der Waals surface area contributed by atoms with Crippen molar-refractivity contribution < 1.29 is 0 Å². The maximum Gasteiger partial charge on any atom is 0.0174 e. The van der Waals surface area contributed by atoms with Gasteiger partial charge in [0.15, 0.2) is 0 Å². The standard InChI is InChI=1S/C10H19Br/c1-10(2,3)7-6-9(11)8-4-5-8/h8-9H,4-7H2,1-3H3. The first-order valence-corrected chi connectivity index (χ1v) is 5.55. The Hall–Kier alpha value is 0.480. The summed E-state index contributed by atoms with van der Waals surface area (Å²) < 4.78 is 0. The average molecular weight is 219 g/mol. The zero-order chi connectivity index (χ0) is 8.48. The predicted molar refractivity (Wildman–Crippen MR) is 54.1 cm³/mol. The number of alkyl halides is 1. The van der Waals surface area contributed by atoms with Crippen LogP contribution in [0.5, 0.6) is 0 Å². The van der Waals surface area contributed by atoms with E-state index in [-0.39, 0.29) is 0 Å². The molecule has 0 aromatic rings. The Kier molecular flexibility index (Phi) is 3.02. The molecule has 0 amide bonds. The average Bonchev–Trinajstić information content (AvgIpc) is 2.61. The van der Waals surface area contributed by atoms with Gasteiger partial charge in [-0.2, -0.15) is 0 Å². The monoisotopic (exact) mass is 218 g/mol. The summed E-state index contributed by atoms with van der Waals surface area (Å²) in [6.07, 6.45) is 5.62. The molecule has 0 bridgehead atoms. The second kappa shape index (κ2) is 3.47. The van der Waals surface area contributed by atoms with Crippen molar-refractivity contribution in [3.05, 3.63) is 0 Å². The van der Waals surface area contributed by atoms with E-state index >= 15 is 0 Å². The first kappa shape index (κ1) is 9.57. The highest BCUT2D eigenvalue weighted by Gasteiger charge is 2.29. The highest BCUT2D eigenvalue weighted by molar-refractivity contribution is 9.09. The van der Waals surface area contributed by atoms with Crippen LogP contribution in [0.4, 0.5) is 0 Å². The van der Waals surface area contributed by atoms with E-state index in [0.717, 1.165) is 10.7 Å². The molecule has 0 N–H and O–H groups in total. The molecule has 66 valence electrons. The summed E-state index contributed by atoms with van der Waals surface area (Å²) in [5.41, 5.74) is 0.515. The maximum absolute atomic E-state index is 3.76. The van der Waals surface area contributed by atoms with E-state index in [9.17, 15) is 0 Å². The second-order valence-electron chi connectivity index (χ2n) is 4.95. The minimum Gasteiger partial charge on any atom is -0.0888 e. The van der Waals surface area contributed by atoms with Crippen molar-refractivity contribution in [2.75, 3.05) is 0 Å². The Bertz CT molecular complexity index is 119. The van der Waals surface area contributed by atoms with Crippen LogP contribution >= 0.6 is 15.9 Å². The zero-order valence-corrected chi connectivity index (χ0v) is 9.45. The molecule has 0 aromatic carbocycles. The molecule has 0 aromatic heterocycles. The molecule has 1 unspecified atom stereocenters. The molecule has 0 saturated heterocycles. The molecule has 0 aliphatic heterocycles. The van der Waals surface area contributed by atoms with Gasteiger partial charge in [0.05, 0.1) is 0 Å². The largest absolute Gasteiger partial charge is 0.0888 e. The fraction of sp³-hybridized carbons (Fsp3) is 1.00. The quantitative estimate of drug-likeness (QED) is 0.629. The Morgan fingerprint density at radius 1 is 1.36 bits per heavy atom. The van der Waals surface area contributed by atoms with Gasteiger partial charge < -0.3 is 0 Å². The maximum atomic E-state index is 3.76. The predicted octanol–water partition coefficient (Wildman–Crippen LogP) is 3.99. The second-order valence-corrected chi connectivity index (χ2v) is 6.13. The lowest BCUT2D eigenvalue weighted by molar-refractivity contribution is 0.360. The number of hydrogen-bond acceptors (Lipinski definition) is 0. The smallest absolute Gasteiger partial charge is 0.0174 e. The van der Waals surface area contributed by atoms with Gasteiger partial charge in [-0.05, 0) is 37.0 Å². The SMILES string of the molecule is CC(C)(C)CCC(Br)C1CC1. The van der Waals surface area contributed by atoms with E-state index in [1.54, 1.807) is 0 Å². The van der Waals surface area contributed by atoms with Crippen LogP contribution in [-0.2, 0) is 0 Å². The normalized spacial score (nSPS) is 21.8. The molecule has 1 fully saturated rings. The molecule has 0 radical (unpaired) electrons. The lowest BCUT2D eigenvalue weighted by atomic mass is 9.89. The summed E-state index contributed by atoms with van der Waals surface area (Å²) in [7, 11) is 0. The van der Waals surface area contributed by atoms with Gasteiger partial charge in [-0.1, -0.05) is 36.7 Å². The van der Waals surface area contributed by atoms with Crippen LogP contribution in [0.3, 0.4) is 0 Å². The molecule has 1 aliphatic carbocycles. The molecular formula is C10H19Br. The van der Waals surface area contributed by atoms with E-state index < -0.39 is 0 Å². The molecule has 1 aliphatic rings. The Morgan fingerprint density at radius 2 is 1.91 bits per heavy atom. The van der Waals surface area contributed by atoms with Crippen LogP contribution in [0.15, 0.2) is 0 Å². The third-order valence-corrected chi connectivity index (χ3v) is 3.51. The van der Waals surface area contributed by atoms with Crippen molar-refractivity contribution in [2.24, 2.45) is 11.3 Å². The summed E-state index contributed by atoms with van der Waals surface area (Å²) in [6, 6.07) is 0. The van der Waals surface area contributed by atoms with Crippen LogP contribution in [0.2, 0.25) is 0 Å². The molecule has 1 atom stereocenters. The molecule has 0 nitrogen and oxygen atoms in total. The summed E-state index contributed by atoms with van der Waals surface area (Å²) >= 11 is 3.76. The van der Waals surface area contributed by atoms with Gasteiger partial charge in [-0.25, -0.2) is 0 Å². The summed E-state index contributed by atoms with van der Waals surface area (Å²) in [6.45, 7) is 6.96. The lowest BCUT2D eigenvalue weighted by Gasteiger charge is -2.19. The molecule has 0 heterocycles. The van der Waals surface area contributed by atoms with Crippen molar-refractivity contribution in [2.45, 2.75) is 51.3 Å². The summed E-state index contributed by atoms with van der Waals surface area (Å²) in [5.74, 6) is 1.01. The zero-order valence-electron chi connectivity index (χ0n) is 7.86. The van der Waals surface area contributed by atoms with Crippen LogP contribution in [0.25, 0.3) is 0 Å². The first-order chi connectivity index (χ1) is 4.99. The van der Waals surface area contributed by atoms with E-state index in [1.165, 1.54) is 25.7 Å². The Morgan fingerprint density at radius 3 is 2.27 bits per heavy atom. The van der Waals surface area contributed by atoms with E-state index in [2.05, 4.69) is 36.7 Å². The van der Waals surface area contributed by atoms with Gasteiger partial charge >= 0.3 is 0 Å². The van der Waals surface area contributed by atoms with Crippen LogP contribution in [-0.4, -0.2) is 4.83 Å². The number of halogens is 1. The van der Waals surface area contributed by atoms with Crippen molar-refractivity contribution >= 4 is 15.9 Å². The fourth-order valence-electron chi connectivity index (χ4n) is 1.26. The summed E-state index contributed by atoms with van der Waals surface area (Å²) in [4.78, 5) is 0.807. The van der Waals surface area contributed by atoms with E-state index in [0.29, 0.717) is 5.41 Å². The highest BCUT2D eigenvalue weighted by atomic mass is 79.9. The highest BCUT2D eigenvalue weighted by Crippen LogP contribution is 2.40.